The van der Waals surface area contributed by atoms with Crippen molar-refractivity contribution < 1.29 is 17.2 Å². The van der Waals surface area contributed by atoms with Crippen LogP contribution in [0.5, 0.6) is 0 Å². The maximum absolute atomic E-state index is 11.9. The van der Waals surface area contributed by atoms with Crippen molar-refractivity contribution in [2.75, 3.05) is 22.3 Å². The molecular formula is C8H8ClN2O4S2-. The number of nitrogens with one attached hydrogen (secondary N) is 2. The minimum atomic E-state index is -3.49. The molecule has 0 radical (unpaired) electrons. The summed E-state index contributed by atoms with van der Waals surface area (Å²) in [5.74, 6) is -0.0815. The first-order valence-electron chi connectivity index (χ1n) is 4.56. The molecule has 0 saturated carbocycles. The van der Waals surface area contributed by atoms with E-state index in [0.717, 1.165) is 0 Å². The Morgan fingerprint density at radius 2 is 2.18 bits per heavy atom. The molecule has 9 heteroatoms. The van der Waals surface area contributed by atoms with Crippen LogP contribution >= 0.6 is 11.6 Å². The fourth-order valence-corrected chi connectivity index (χ4v) is 3.76. The average molecular weight is 296 g/mol. The van der Waals surface area contributed by atoms with Gasteiger partial charge in [-0.25, -0.2) is 8.42 Å². The molecule has 94 valence electrons. The Kier molecular flexibility index (Phi) is 3.30. The van der Waals surface area contributed by atoms with Crippen molar-refractivity contribution >= 4 is 44.1 Å². The lowest BCUT2D eigenvalue weighted by molar-refractivity contribution is 0.542. The highest BCUT2D eigenvalue weighted by Gasteiger charge is 2.27. The summed E-state index contributed by atoms with van der Waals surface area (Å²) in [6.45, 7) is 0.273. The van der Waals surface area contributed by atoms with Crippen LogP contribution in [0.2, 0.25) is 5.02 Å². The van der Waals surface area contributed by atoms with Crippen LogP contribution in [-0.4, -0.2) is 29.5 Å². The number of benzene rings is 1. The van der Waals surface area contributed by atoms with Crippen molar-refractivity contribution in [3.8, 4) is 0 Å². The van der Waals surface area contributed by atoms with Crippen LogP contribution in [0.3, 0.4) is 0 Å². The molecule has 0 bridgehead atoms. The van der Waals surface area contributed by atoms with E-state index in [1.54, 1.807) is 0 Å². The SMILES string of the molecule is O=S([O-])Nc1cc(Cl)cc2c1S(=O)(=O)CCN2. The van der Waals surface area contributed by atoms with Crippen LogP contribution in [0.25, 0.3) is 0 Å². The van der Waals surface area contributed by atoms with Crippen LogP contribution in [0.4, 0.5) is 11.4 Å². The molecule has 1 aromatic carbocycles. The number of hydrogen-bond acceptors (Lipinski definition) is 5. The summed E-state index contributed by atoms with van der Waals surface area (Å²) >= 11 is 3.18. The Morgan fingerprint density at radius 3 is 2.82 bits per heavy atom. The van der Waals surface area contributed by atoms with E-state index in [1.165, 1.54) is 12.1 Å². The van der Waals surface area contributed by atoms with Gasteiger partial charge in [0.1, 0.15) is 4.90 Å². The van der Waals surface area contributed by atoms with E-state index >= 15 is 0 Å². The van der Waals surface area contributed by atoms with E-state index < -0.39 is 21.1 Å². The lowest BCUT2D eigenvalue weighted by Gasteiger charge is -2.22. The number of anilines is 2. The smallest absolute Gasteiger partial charge is 0.184 e. The molecule has 1 heterocycles. The van der Waals surface area contributed by atoms with Gasteiger partial charge in [0.25, 0.3) is 0 Å². The van der Waals surface area contributed by atoms with Gasteiger partial charge in [0.15, 0.2) is 9.84 Å². The largest absolute Gasteiger partial charge is 0.755 e. The van der Waals surface area contributed by atoms with Crippen LogP contribution in [0.1, 0.15) is 0 Å². The van der Waals surface area contributed by atoms with Crippen molar-refractivity contribution in [3.05, 3.63) is 17.2 Å². The Hall–Kier alpha value is -0.830. The monoisotopic (exact) mass is 295 g/mol. The zero-order valence-corrected chi connectivity index (χ0v) is 10.8. The number of sulfone groups is 1. The van der Waals surface area contributed by atoms with Gasteiger partial charge in [-0.15, -0.1) is 0 Å². The molecule has 17 heavy (non-hydrogen) atoms. The van der Waals surface area contributed by atoms with Crippen LogP contribution in [-0.2, 0) is 21.1 Å². The van der Waals surface area contributed by atoms with Gasteiger partial charge in [-0.3, -0.25) is 4.21 Å². The Bertz CT molecular complexity index is 587. The third kappa shape index (κ3) is 2.54. The normalized spacial score (nSPS) is 18.9. The number of hydrogen-bond donors (Lipinski definition) is 2. The van der Waals surface area contributed by atoms with E-state index in [0.29, 0.717) is 5.69 Å². The predicted molar refractivity (Wildman–Crippen MR) is 64.5 cm³/mol. The second kappa shape index (κ2) is 4.45. The van der Waals surface area contributed by atoms with E-state index in [1.807, 2.05) is 4.72 Å². The van der Waals surface area contributed by atoms with E-state index in [2.05, 4.69) is 5.32 Å². The van der Waals surface area contributed by atoms with Gasteiger partial charge in [-0.05, 0) is 12.1 Å². The summed E-state index contributed by atoms with van der Waals surface area (Å²) in [7, 11) is -3.49. The predicted octanol–water partition coefficient (Wildman–Crippen LogP) is 0.745. The molecule has 1 aliphatic heterocycles. The van der Waals surface area contributed by atoms with Crippen molar-refractivity contribution in [3.63, 3.8) is 0 Å². The highest BCUT2D eigenvalue weighted by molar-refractivity contribution is 7.92. The van der Waals surface area contributed by atoms with Crippen molar-refractivity contribution in [2.45, 2.75) is 4.90 Å². The highest BCUT2D eigenvalue weighted by atomic mass is 35.5. The molecule has 0 amide bonds. The number of halogens is 1. The summed E-state index contributed by atoms with van der Waals surface area (Å²) < 4.78 is 47.0. The first kappa shape index (κ1) is 12.6. The maximum atomic E-state index is 11.9. The summed E-state index contributed by atoms with van der Waals surface area (Å²) in [5, 5.41) is 3.12. The van der Waals surface area contributed by atoms with Crippen molar-refractivity contribution in [1.29, 1.82) is 0 Å². The first-order valence-corrected chi connectivity index (χ1v) is 7.67. The van der Waals surface area contributed by atoms with Crippen LogP contribution < -0.4 is 10.0 Å². The standard InChI is InChI=1S/C8H9ClN2O4S2/c9-5-3-6-8(7(4-5)11-16(12)13)17(14,15)2-1-10-6/h3-4,10-11H,1-2H2,(H,12,13)/p-1. The third-order valence-corrected chi connectivity index (χ3v) is 4.65. The zero-order valence-electron chi connectivity index (χ0n) is 8.40. The molecule has 0 aromatic heterocycles. The number of rotatable bonds is 2. The van der Waals surface area contributed by atoms with Gasteiger partial charge in [0.05, 0.1) is 17.1 Å². The van der Waals surface area contributed by atoms with E-state index in [4.69, 9.17) is 11.6 Å². The Labute approximate surface area is 106 Å². The van der Waals surface area contributed by atoms with Gasteiger partial charge in [0, 0.05) is 22.8 Å². The third-order valence-electron chi connectivity index (χ3n) is 2.24. The van der Waals surface area contributed by atoms with Gasteiger partial charge in [-0.2, -0.15) is 0 Å². The van der Waals surface area contributed by atoms with Crippen LogP contribution in [0.15, 0.2) is 17.0 Å². The van der Waals surface area contributed by atoms with Gasteiger partial charge in [0.2, 0.25) is 0 Å². The van der Waals surface area contributed by atoms with Crippen molar-refractivity contribution in [2.24, 2.45) is 0 Å². The lowest BCUT2D eigenvalue weighted by Crippen LogP contribution is -2.24. The number of fused-ring (bicyclic) bond motifs is 1. The van der Waals surface area contributed by atoms with Gasteiger partial charge >= 0.3 is 0 Å². The second-order valence-corrected chi connectivity index (χ2v) is 6.57. The summed E-state index contributed by atoms with van der Waals surface area (Å²) in [6, 6.07) is 2.72. The van der Waals surface area contributed by atoms with Gasteiger partial charge in [-0.1, -0.05) is 11.6 Å². The quantitative estimate of drug-likeness (QED) is 0.784. The first-order chi connectivity index (χ1) is 7.90. The fraction of sp³-hybridized carbons (Fsp3) is 0.250. The topological polar surface area (TPSA) is 98.3 Å². The molecule has 0 fully saturated rings. The van der Waals surface area contributed by atoms with Crippen molar-refractivity contribution in [1.82, 2.24) is 0 Å². The fourth-order valence-electron chi connectivity index (χ4n) is 1.65. The molecule has 2 rings (SSSR count). The van der Waals surface area contributed by atoms with Crippen LogP contribution in [0, 0.1) is 0 Å². The molecule has 2 N–H and O–H groups in total. The highest BCUT2D eigenvalue weighted by Crippen LogP contribution is 2.36. The minimum Gasteiger partial charge on any atom is -0.755 e. The lowest BCUT2D eigenvalue weighted by atomic mass is 10.2. The summed E-state index contributed by atoms with van der Waals surface area (Å²) in [4.78, 5) is -0.0580. The Balaban J connectivity index is 2.67. The summed E-state index contributed by atoms with van der Waals surface area (Å²) in [5.41, 5.74) is 0.282. The molecular weight excluding hydrogens is 288 g/mol. The minimum absolute atomic E-state index is 0.0342. The molecule has 1 unspecified atom stereocenters. The average Bonchev–Trinajstić information content (AvgIpc) is 2.13. The zero-order chi connectivity index (χ0) is 12.6. The molecule has 1 atom stereocenters. The van der Waals surface area contributed by atoms with E-state index in [9.17, 15) is 17.2 Å². The molecule has 1 aromatic rings. The molecule has 0 saturated heterocycles. The molecule has 0 aliphatic carbocycles. The summed E-state index contributed by atoms with van der Waals surface area (Å²) in [6.07, 6.45) is 0. The molecule has 6 nitrogen and oxygen atoms in total. The maximum Gasteiger partial charge on any atom is 0.184 e. The van der Waals surface area contributed by atoms with Gasteiger partial charge < -0.3 is 14.6 Å². The van der Waals surface area contributed by atoms with E-state index in [-0.39, 0.29) is 27.9 Å². The molecule has 1 aliphatic rings. The molecule has 0 spiro atoms. The second-order valence-electron chi connectivity index (χ2n) is 3.41. The Morgan fingerprint density at radius 1 is 1.47 bits per heavy atom.